The van der Waals surface area contributed by atoms with E-state index in [1.165, 1.54) is 25.7 Å². The van der Waals surface area contributed by atoms with Crippen molar-refractivity contribution in [1.29, 1.82) is 0 Å². The molecule has 3 heteroatoms. The van der Waals surface area contributed by atoms with Crippen molar-refractivity contribution >= 4 is 0 Å². The highest BCUT2D eigenvalue weighted by molar-refractivity contribution is 5.25. The number of nitrogens with one attached hydrogen (secondary N) is 1. The lowest BCUT2D eigenvalue weighted by molar-refractivity contribution is 0.302. The highest BCUT2D eigenvalue weighted by Crippen LogP contribution is 2.33. The van der Waals surface area contributed by atoms with Crippen LogP contribution in [0.5, 0.6) is 0 Å². The molecule has 0 aromatic rings. The van der Waals surface area contributed by atoms with Crippen LogP contribution in [-0.2, 0) is 0 Å². The Morgan fingerprint density at radius 2 is 2.08 bits per heavy atom. The van der Waals surface area contributed by atoms with Crippen LogP contribution >= 0.6 is 0 Å². The van der Waals surface area contributed by atoms with Gasteiger partial charge >= 0.3 is 0 Å². The molecular weight excluding hydrogens is 162 g/mol. The maximum atomic E-state index is 6.23. The van der Waals surface area contributed by atoms with Gasteiger partial charge in [-0.15, -0.1) is 0 Å². The molecule has 1 fully saturated rings. The molecule has 0 saturated heterocycles. The maximum absolute atomic E-state index is 6.23. The summed E-state index contributed by atoms with van der Waals surface area (Å²) in [6.07, 6.45) is 10.8. The summed E-state index contributed by atoms with van der Waals surface area (Å²) in [5.74, 6) is 0.563. The van der Waals surface area contributed by atoms with E-state index in [0.29, 0.717) is 5.92 Å². The third-order valence-electron chi connectivity index (χ3n) is 3.07. The van der Waals surface area contributed by atoms with Crippen LogP contribution in [0.4, 0.5) is 0 Å². The van der Waals surface area contributed by atoms with Crippen molar-refractivity contribution in [2.45, 2.75) is 31.3 Å². The molecule has 72 valence electrons. The van der Waals surface area contributed by atoms with Crippen LogP contribution < -0.4 is 16.8 Å². The standard InChI is InChI=1S/C10H17N3/c11-9-5-6-10(12,13-7-9)8-3-1-2-4-8/h5-8,13H,1-4,11-12H2. The minimum absolute atomic E-state index is 0.348. The second-order valence-electron chi connectivity index (χ2n) is 4.04. The van der Waals surface area contributed by atoms with Gasteiger partial charge in [-0.1, -0.05) is 12.8 Å². The number of dihydropyridines is 1. The minimum Gasteiger partial charge on any atom is -0.398 e. The minimum atomic E-state index is -0.348. The molecule has 5 N–H and O–H groups in total. The molecule has 0 aromatic heterocycles. The first-order valence-electron chi connectivity index (χ1n) is 4.92. The number of hydrogen-bond donors (Lipinski definition) is 3. The molecule has 13 heavy (non-hydrogen) atoms. The van der Waals surface area contributed by atoms with Crippen LogP contribution in [0, 0.1) is 5.92 Å². The summed E-state index contributed by atoms with van der Waals surface area (Å²) in [7, 11) is 0. The molecule has 1 saturated carbocycles. The van der Waals surface area contributed by atoms with Gasteiger partial charge in [-0.3, -0.25) is 0 Å². The molecule has 0 aromatic carbocycles. The fourth-order valence-electron chi connectivity index (χ4n) is 2.20. The van der Waals surface area contributed by atoms with Gasteiger partial charge in [0.1, 0.15) is 5.66 Å². The third-order valence-corrected chi connectivity index (χ3v) is 3.07. The van der Waals surface area contributed by atoms with Gasteiger partial charge in [-0.2, -0.15) is 0 Å². The van der Waals surface area contributed by atoms with Gasteiger partial charge in [0.15, 0.2) is 0 Å². The largest absolute Gasteiger partial charge is 0.398 e. The van der Waals surface area contributed by atoms with Gasteiger partial charge in [0.25, 0.3) is 0 Å². The van der Waals surface area contributed by atoms with Crippen LogP contribution in [0.3, 0.4) is 0 Å². The van der Waals surface area contributed by atoms with Gasteiger partial charge in [-0.25, -0.2) is 0 Å². The van der Waals surface area contributed by atoms with E-state index < -0.39 is 0 Å². The Morgan fingerprint density at radius 3 is 2.62 bits per heavy atom. The normalized spacial score (nSPS) is 34.4. The topological polar surface area (TPSA) is 64.1 Å². The van der Waals surface area contributed by atoms with E-state index in [1.54, 1.807) is 6.20 Å². The molecule has 0 amide bonds. The highest BCUT2D eigenvalue weighted by Gasteiger charge is 2.34. The molecule has 1 aliphatic carbocycles. The highest BCUT2D eigenvalue weighted by atomic mass is 15.1. The van der Waals surface area contributed by atoms with Crippen molar-refractivity contribution in [3.63, 3.8) is 0 Å². The first-order chi connectivity index (χ1) is 6.21. The molecule has 0 bridgehead atoms. The van der Waals surface area contributed by atoms with E-state index >= 15 is 0 Å². The molecule has 1 atom stereocenters. The van der Waals surface area contributed by atoms with Gasteiger partial charge in [0.2, 0.25) is 0 Å². The van der Waals surface area contributed by atoms with Crippen LogP contribution in [0.1, 0.15) is 25.7 Å². The second-order valence-corrected chi connectivity index (χ2v) is 4.04. The van der Waals surface area contributed by atoms with Crippen molar-refractivity contribution in [3.05, 3.63) is 24.0 Å². The molecular formula is C10H17N3. The number of nitrogens with two attached hydrogens (primary N) is 2. The van der Waals surface area contributed by atoms with Gasteiger partial charge in [-0.05, 0) is 30.9 Å². The summed E-state index contributed by atoms with van der Waals surface area (Å²) in [6.45, 7) is 0. The quantitative estimate of drug-likeness (QED) is 0.557. The van der Waals surface area contributed by atoms with E-state index in [9.17, 15) is 0 Å². The Labute approximate surface area is 78.9 Å². The number of rotatable bonds is 1. The van der Waals surface area contributed by atoms with Gasteiger partial charge < -0.3 is 16.8 Å². The lowest BCUT2D eigenvalue weighted by atomic mass is 9.90. The fraction of sp³-hybridized carbons (Fsp3) is 0.600. The Balaban J connectivity index is 2.09. The molecule has 3 nitrogen and oxygen atoms in total. The molecule has 1 aliphatic heterocycles. The second kappa shape index (κ2) is 3.07. The maximum Gasteiger partial charge on any atom is 0.108 e. The Bertz CT molecular complexity index is 251. The van der Waals surface area contributed by atoms with Crippen molar-refractivity contribution < 1.29 is 0 Å². The zero-order valence-corrected chi connectivity index (χ0v) is 7.79. The average Bonchev–Trinajstić information content (AvgIpc) is 2.63. The first-order valence-corrected chi connectivity index (χ1v) is 4.92. The fourth-order valence-corrected chi connectivity index (χ4v) is 2.20. The molecule has 2 aliphatic rings. The van der Waals surface area contributed by atoms with E-state index in [2.05, 4.69) is 5.32 Å². The van der Waals surface area contributed by atoms with Crippen LogP contribution in [0.15, 0.2) is 24.0 Å². The summed E-state index contributed by atoms with van der Waals surface area (Å²) in [6, 6.07) is 0. The molecule has 1 unspecified atom stereocenters. The molecule has 0 spiro atoms. The summed E-state index contributed by atoms with van der Waals surface area (Å²) >= 11 is 0. The predicted octanol–water partition coefficient (Wildman–Crippen LogP) is 0.791. The average molecular weight is 179 g/mol. The van der Waals surface area contributed by atoms with E-state index in [-0.39, 0.29) is 5.66 Å². The summed E-state index contributed by atoms with van der Waals surface area (Å²) in [5.41, 5.74) is 12.2. The first kappa shape index (κ1) is 8.63. The zero-order chi connectivity index (χ0) is 9.31. The molecule has 1 heterocycles. The smallest absolute Gasteiger partial charge is 0.108 e. The number of allylic oxidation sites excluding steroid dienone is 1. The van der Waals surface area contributed by atoms with Crippen molar-refractivity contribution in [2.24, 2.45) is 17.4 Å². The number of hydrogen-bond acceptors (Lipinski definition) is 3. The molecule has 2 rings (SSSR count). The Hall–Kier alpha value is -0.960. The van der Waals surface area contributed by atoms with Crippen LogP contribution in [-0.4, -0.2) is 5.66 Å². The predicted molar refractivity (Wildman–Crippen MR) is 53.4 cm³/mol. The van der Waals surface area contributed by atoms with E-state index in [0.717, 1.165) is 5.70 Å². The lowest BCUT2D eigenvalue weighted by Gasteiger charge is -2.35. The monoisotopic (exact) mass is 179 g/mol. The SMILES string of the molecule is NC1=CNC(N)(C2CCCC2)C=C1. The Kier molecular flexibility index (Phi) is 2.04. The van der Waals surface area contributed by atoms with Crippen molar-refractivity contribution in [3.8, 4) is 0 Å². The summed E-state index contributed by atoms with van der Waals surface area (Å²) < 4.78 is 0. The van der Waals surface area contributed by atoms with E-state index in [1.807, 2.05) is 12.2 Å². The van der Waals surface area contributed by atoms with Gasteiger partial charge in [0.05, 0.1) is 0 Å². The van der Waals surface area contributed by atoms with Crippen molar-refractivity contribution in [1.82, 2.24) is 5.32 Å². The van der Waals surface area contributed by atoms with Crippen LogP contribution in [0.2, 0.25) is 0 Å². The van der Waals surface area contributed by atoms with Crippen LogP contribution in [0.25, 0.3) is 0 Å². The lowest BCUT2D eigenvalue weighted by Crippen LogP contribution is -2.56. The van der Waals surface area contributed by atoms with Gasteiger partial charge in [0, 0.05) is 11.9 Å². The Morgan fingerprint density at radius 1 is 1.38 bits per heavy atom. The van der Waals surface area contributed by atoms with Crippen molar-refractivity contribution in [2.75, 3.05) is 0 Å². The molecule has 0 radical (unpaired) electrons. The van der Waals surface area contributed by atoms with E-state index in [4.69, 9.17) is 11.5 Å². The summed E-state index contributed by atoms with van der Waals surface area (Å²) in [5, 5.41) is 3.19. The zero-order valence-electron chi connectivity index (χ0n) is 7.79. The third kappa shape index (κ3) is 1.56. The summed E-state index contributed by atoms with van der Waals surface area (Å²) in [4.78, 5) is 0.